The summed E-state index contributed by atoms with van der Waals surface area (Å²) in [6.07, 6.45) is 0. The molecule has 0 aromatic heterocycles. The molecule has 0 radical (unpaired) electrons. The Kier molecular flexibility index (Phi) is 18.8. The largest absolute Gasteiger partial charge is 1.00 e. The fourth-order valence-corrected chi connectivity index (χ4v) is 0.600. The van der Waals surface area contributed by atoms with Gasteiger partial charge in [0.05, 0.1) is 0 Å². The average molecular weight is 302 g/mol. The van der Waals surface area contributed by atoms with E-state index < -0.39 is 0 Å². The molecule has 0 saturated heterocycles. The molecule has 0 aliphatic rings. The Labute approximate surface area is 100 Å². The van der Waals surface area contributed by atoms with E-state index in [1.165, 1.54) is 11.1 Å². The third kappa shape index (κ3) is 9.13. The van der Waals surface area contributed by atoms with Gasteiger partial charge in [0, 0.05) is 0 Å². The molecule has 1 rings (SSSR count). The van der Waals surface area contributed by atoms with E-state index in [0.29, 0.717) is 0 Å². The first kappa shape index (κ1) is 18.8. The molecular formula is C7H9Cl2OPZr-3. The van der Waals surface area contributed by atoms with Gasteiger partial charge in [0.25, 0.3) is 0 Å². The normalized spacial score (nSPS) is 6.67. The number of rotatable bonds is 0. The molecule has 5 heteroatoms. The number of aryl methyl sites for hydroxylation is 2. The van der Waals surface area contributed by atoms with Crippen LogP contribution in [0.1, 0.15) is 11.1 Å². The van der Waals surface area contributed by atoms with Crippen molar-refractivity contribution in [3.63, 3.8) is 0 Å². The topological polar surface area (TPSA) is 17.1 Å². The van der Waals surface area contributed by atoms with Gasteiger partial charge in [0.2, 0.25) is 0 Å². The van der Waals surface area contributed by atoms with Crippen LogP contribution in [0.2, 0.25) is 0 Å². The molecule has 0 aliphatic carbocycles. The Morgan fingerprint density at radius 1 is 1.25 bits per heavy atom. The zero-order valence-corrected chi connectivity index (χ0v) is 11.7. The first-order chi connectivity index (χ1) is 4.72. The van der Waals surface area contributed by atoms with Gasteiger partial charge < -0.3 is 24.8 Å². The van der Waals surface area contributed by atoms with Crippen LogP contribution in [0.25, 0.3) is 0 Å². The summed E-state index contributed by atoms with van der Waals surface area (Å²) in [4.78, 5) is 0. The smallest absolute Gasteiger partial charge is 1.00 e. The van der Waals surface area contributed by atoms with Crippen molar-refractivity contribution in [1.82, 2.24) is 0 Å². The van der Waals surface area contributed by atoms with Crippen LogP contribution in [0.5, 0.6) is 0 Å². The molecule has 0 spiro atoms. The number of hydrogen-bond donors (Lipinski definition) is 0. The van der Waals surface area contributed by atoms with E-state index in [0.717, 1.165) is 23.4 Å². The minimum Gasteiger partial charge on any atom is -1.00 e. The van der Waals surface area contributed by atoms with Gasteiger partial charge in [0.1, 0.15) is 0 Å². The molecule has 12 heavy (non-hydrogen) atoms. The standard InChI is InChI=1S/C7H9.2ClH.OP.Zr/c1-6-4-3-5-7(6)2;;;1-2;/h3-5H,1-2H3;2*1H;;/q-1;;;-1;+1/p-2. The van der Waals surface area contributed by atoms with E-state index in [1.807, 2.05) is 0 Å². The fourth-order valence-electron chi connectivity index (χ4n) is 0.600. The summed E-state index contributed by atoms with van der Waals surface area (Å²) in [6, 6.07) is 6.31. The van der Waals surface area contributed by atoms with Gasteiger partial charge in [-0.25, -0.2) is 0 Å². The van der Waals surface area contributed by atoms with E-state index in [1.54, 1.807) is 0 Å². The van der Waals surface area contributed by atoms with Crippen molar-refractivity contribution < 1.29 is 52.8 Å². The fraction of sp³-hybridized carbons (Fsp3) is 0.286. The van der Waals surface area contributed by atoms with Gasteiger partial charge in [0.15, 0.2) is 0 Å². The third-order valence-corrected chi connectivity index (χ3v) is 1.31. The summed E-state index contributed by atoms with van der Waals surface area (Å²) in [6.45, 7) is 4.24. The van der Waals surface area contributed by atoms with Crippen LogP contribution in [0.4, 0.5) is 0 Å². The molecule has 0 aliphatic heterocycles. The molecule has 0 atom stereocenters. The van der Waals surface area contributed by atoms with Crippen LogP contribution in [0.15, 0.2) is 18.2 Å². The van der Waals surface area contributed by atoms with E-state index in [9.17, 15) is 0 Å². The summed E-state index contributed by atoms with van der Waals surface area (Å²) in [5.41, 5.74) is 2.78. The first-order valence-electron chi connectivity index (χ1n) is 2.90. The molecule has 1 aromatic carbocycles. The summed E-state index contributed by atoms with van der Waals surface area (Å²) < 4.78 is 8.94. The molecule has 69 valence electrons. The van der Waals surface area contributed by atoms with Gasteiger partial charge in [-0.1, -0.05) is 13.8 Å². The van der Waals surface area contributed by atoms with Crippen LogP contribution in [-0.2, 0) is 27.9 Å². The molecule has 0 unspecified atom stereocenters. The van der Waals surface area contributed by atoms with E-state index >= 15 is 0 Å². The maximum atomic E-state index is 8.94. The third-order valence-electron chi connectivity index (χ3n) is 1.31. The molecule has 0 N–H and O–H groups in total. The van der Waals surface area contributed by atoms with Crippen molar-refractivity contribution in [3.05, 3.63) is 29.3 Å². The monoisotopic (exact) mass is 300 g/mol. The van der Waals surface area contributed by atoms with Crippen molar-refractivity contribution in [1.29, 1.82) is 0 Å². The minimum absolute atomic E-state index is 0. The Morgan fingerprint density at radius 2 is 1.50 bits per heavy atom. The quantitative estimate of drug-likeness (QED) is 0.364. The zero-order chi connectivity index (χ0) is 7.98. The predicted molar refractivity (Wildman–Crippen MR) is 39.1 cm³/mol. The number of halogens is 2. The summed E-state index contributed by atoms with van der Waals surface area (Å²) in [7, 11) is 0. The van der Waals surface area contributed by atoms with E-state index in [-0.39, 0.29) is 29.9 Å². The van der Waals surface area contributed by atoms with Crippen LogP contribution >= 0.6 is 5.05 Å². The molecule has 0 saturated carbocycles. The second-order valence-electron chi connectivity index (χ2n) is 1.98. The van der Waals surface area contributed by atoms with Crippen LogP contribution < -0.4 is 24.8 Å². The van der Waals surface area contributed by atoms with Crippen molar-refractivity contribution in [3.8, 4) is 0 Å². The second-order valence-corrected chi connectivity index (χ2v) is 3.51. The minimum atomic E-state index is 0. The molecular weight excluding hydrogens is 293 g/mol. The Bertz CT molecular complexity index is 254. The van der Waals surface area contributed by atoms with Crippen molar-refractivity contribution >= 4 is 5.05 Å². The van der Waals surface area contributed by atoms with Gasteiger partial charge in [-0.15, -0.1) is 0 Å². The van der Waals surface area contributed by atoms with Crippen LogP contribution in [-0.4, -0.2) is 0 Å². The van der Waals surface area contributed by atoms with E-state index in [2.05, 4.69) is 32.0 Å². The van der Waals surface area contributed by atoms with Crippen LogP contribution in [0, 0.1) is 13.8 Å². The molecule has 0 fully saturated rings. The molecule has 1 nitrogen and oxygen atoms in total. The molecule has 0 bridgehead atoms. The summed E-state index contributed by atoms with van der Waals surface area (Å²) in [5, 5.41) is 0.257. The molecule has 0 amide bonds. The zero-order valence-electron chi connectivity index (χ0n) is 6.84. The Balaban J connectivity index is -0.000000146. The maximum Gasteiger partial charge on any atom is -1.00 e. The average Bonchev–Trinajstić information content (AvgIpc) is 2.19. The summed E-state index contributed by atoms with van der Waals surface area (Å²) in [5.74, 6) is 0. The van der Waals surface area contributed by atoms with Crippen LogP contribution in [0.3, 0.4) is 0 Å². The summed E-state index contributed by atoms with van der Waals surface area (Å²) >= 11 is 1.05. The molecule has 1 aromatic rings. The first-order valence-corrected chi connectivity index (χ1v) is 7.01. The Hall–Kier alpha value is 1.04. The van der Waals surface area contributed by atoms with Gasteiger partial charge in [-0.2, -0.15) is 29.3 Å². The van der Waals surface area contributed by atoms with Gasteiger partial charge in [-0.3, -0.25) is 0 Å². The second kappa shape index (κ2) is 12.0. The van der Waals surface area contributed by atoms with Crippen molar-refractivity contribution in [2.24, 2.45) is 0 Å². The predicted octanol–water partition coefficient (Wildman–Crippen LogP) is -3.23. The SMILES string of the molecule is Cc1c[cH-]cc1C.O=[P]#[Zr].[Cl-].[Cl-]. The van der Waals surface area contributed by atoms with E-state index in [4.69, 9.17) is 4.57 Å². The number of hydrogen-bond acceptors (Lipinski definition) is 1. The van der Waals surface area contributed by atoms with Gasteiger partial charge in [-0.05, 0) is 0 Å². The maximum absolute atomic E-state index is 8.94. The van der Waals surface area contributed by atoms with Gasteiger partial charge >= 0.3 is 33.0 Å². The molecule has 0 heterocycles. The Morgan fingerprint density at radius 3 is 1.58 bits per heavy atom. The van der Waals surface area contributed by atoms with Crippen molar-refractivity contribution in [2.75, 3.05) is 0 Å². The van der Waals surface area contributed by atoms with Crippen molar-refractivity contribution in [2.45, 2.75) is 13.8 Å².